The highest BCUT2D eigenvalue weighted by atomic mass is 16.3. The van der Waals surface area contributed by atoms with Gasteiger partial charge in [-0.15, -0.1) is 0 Å². The Balaban J connectivity index is 2.50. The van der Waals surface area contributed by atoms with Crippen LogP contribution in [0.2, 0.25) is 0 Å². The van der Waals surface area contributed by atoms with Crippen molar-refractivity contribution in [2.45, 2.75) is 13.8 Å². The second kappa shape index (κ2) is 3.35. The van der Waals surface area contributed by atoms with Crippen LogP contribution in [0.5, 0.6) is 0 Å². The average Bonchev–Trinajstić information content (AvgIpc) is 2.91. The maximum absolute atomic E-state index is 11.9. The van der Waals surface area contributed by atoms with Crippen molar-refractivity contribution < 1.29 is 4.42 Å². The lowest BCUT2D eigenvalue weighted by Gasteiger charge is -1.96. The van der Waals surface area contributed by atoms with E-state index in [-0.39, 0.29) is 5.56 Å². The summed E-state index contributed by atoms with van der Waals surface area (Å²) >= 11 is 0. The molecule has 3 aromatic rings. The van der Waals surface area contributed by atoms with E-state index >= 15 is 0 Å². The Morgan fingerprint density at radius 1 is 1.29 bits per heavy atom. The van der Waals surface area contributed by atoms with E-state index in [2.05, 4.69) is 15.2 Å². The Labute approximate surface area is 96.5 Å². The molecule has 0 aliphatic rings. The fourth-order valence-electron chi connectivity index (χ4n) is 2.16. The highest BCUT2D eigenvalue weighted by molar-refractivity contribution is 5.97. The van der Waals surface area contributed by atoms with Gasteiger partial charge in [0, 0.05) is 11.1 Å². The van der Waals surface area contributed by atoms with Crippen molar-refractivity contribution in [2.24, 2.45) is 0 Å². The zero-order chi connectivity index (χ0) is 12.0. The minimum absolute atomic E-state index is 0.207. The quantitative estimate of drug-likeness (QED) is 0.671. The Morgan fingerprint density at radius 3 is 2.82 bits per heavy atom. The Morgan fingerprint density at radius 2 is 2.12 bits per heavy atom. The molecule has 3 rings (SSSR count). The standard InChI is InChI=1S/C12H11N3O2/c1-6-9-7(2)14-15-12(16)10(9)11(13-6)8-4-3-5-17-8/h3-5,13H,1-2H3,(H,15,16). The topological polar surface area (TPSA) is 74.7 Å². The first kappa shape index (κ1) is 9.89. The molecule has 5 nitrogen and oxygen atoms in total. The van der Waals surface area contributed by atoms with Crippen molar-refractivity contribution in [3.8, 4) is 11.5 Å². The molecule has 0 fully saturated rings. The molecule has 2 N–H and O–H groups in total. The zero-order valence-electron chi connectivity index (χ0n) is 9.50. The number of aromatic nitrogens is 3. The third kappa shape index (κ3) is 1.32. The van der Waals surface area contributed by atoms with E-state index in [9.17, 15) is 4.79 Å². The Hall–Kier alpha value is -2.30. The van der Waals surface area contributed by atoms with Gasteiger partial charge in [-0.2, -0.15) is 5.10 Å². The number of aryl methyl sites for hydroxylation is 2. The fraction of sp³-hybridized carbons (Fsp3) is 0.167. The van der Waals surface area contributed by atoms with Gasteiger partial charge in [0.25, 0.3) is 5.56 Å². The molecule has 86 valence electrons. The summed E-state index contributed by atoms with van der Waals surface area (Å²) in [4.78, 5) is 15.1. The summed E-state index contributed by atoms with van der Waals surface area (Å²) in [5.41, 5.74) is 2.21. The molecular weight excluding hydrogens is 218 g/mol. The highest BCUT2D eigenvalue weighted by Gasteiger charge is 2.16. The molecule has 3 heterocycles. The van der Waals surface area contributed by atoms with Crippen LogP contribution >= 0.6 is 0 Å². The van der Waals surface area contributed by atoms with Crippen molar-refractivity contribution in [1.82, 2.24) is 15.2 Å². The lowest BCUT2D eigenvalue weighted by molar-refractivity contribution is 0.581. The van der Waals surface area contributed by atoms with E-state index in [4.69, 9.17) is 4.42 Å². The molecule has 0 atom stereocenters. The molecule has 0 saturated heterocycles. The lowest BCUT2D eigenvalue weighted by Crippen LogP contribution is -2.09. The summed E-state index contributed by atoms with van der Waals surface area (Å²) in [6, 6.07) is 3.61. The van der Waals surface area contributed by atoms with Crippen molar-refractivity contribution in [1.29, 1.82) is 0 Å². The summed E-state index contributed by atoms with van der Waals surface area (Å²) in [6.07, 6.45) is 1.58. The van der Waals surface area contributed by atoms with Crippen LogP contribution in [0.4, 0.5) is 0 Å². The van der Waals surface area contributed by atoms with Crippen LogP contribution in [0, 0.1) is 13.8 Å². The summed E-state index contributed by atoms with van der Waals surface area (Å²) in [5.74, 6) is 0.652. The largest absolute Gasteiger partial charge is 0.463 e. The molecule has 5 heteroatoms. The number of rotatable bonds is 1. The molecular formula is C12H11N3O2. The van der Waals surface area contributed by atoms with Crippen molar-refractivity contribution >= 4 is 10.8 Å². The van der Waals surface area contributed by atoms with E-state index in [0.29, 0.717) is 16.8 Å². The summed E-state index contributed by atoms with van der Waals surface area (Å²) in [7, 11) is 0. The van der Waals surface area contributed by atoms with Gasteiger partial charge in [0.1, 0.15) is 0 Å². The van der Waals surface area contributed by atoms with Crippen LogP contribution in [-0.4, -0.2) is 15.2 Å². The van der Waals surface area contributed by atoms with Crippen LogP contribution in [0.15, 0.2) is 27.6 Å². The molecule has 0 unspecified atom stereocenters. The second-order valence-corrected chi connectivity index (χ2v) is 3.99. The first-order valence-corrected chi connectivity index (χ1v) is 5.30. The molecule has 0 aliphatic carbocycles. The number of nitrogens with one attached hydrogen (secondary N) is 2. The SMILES string of the molecule is Cc1n[nH]c(=O)c2c(-c3ccco3)[nH]c(C)c12. The van der Waals surface area contributed by atoms with E-state index in [1.54, 1.807) is 12.3 Å². The van der Waals surface area contributed by atoms with Gasteiger partial charge < -0.3 is 9.40 Å². The van der Waals surface area contributed by atoms with Crippen LogP contribution in [0.25, 0.3) is 22.2 Å². The first-order valence-electron chi connectivity index (χ1n) is 5.30. The number of H-pyrrole nitrogens is 2. The van der Waals surface area contributed by atoms with Gasteiger partial charge in [0.15, 0.2) is 5.76 Å². The molecule has 0 saturated carbocycles. The van der Waals surface area contributed by atoms with Gasteiger partial charge in [0.05, 0.1) is 23.0 Å². The molecule has 3 aromatic heterocycles. The van der Waals surface area contributed by atoms with Gasteiger partial charge in [-0.25, -0.2) is 5.10 Å². The monoisotopic (exact) mass is 229 g/mol. The van der Waals surface area contributed by atoms with Crippen molar-refractivity contribution in [3.63, 3.8) is 0 Å². The number of hydrogen-bond donors (Lipinski definition) is 2. The zero-order valence-corrected chi connectivity index (χ0v) is 9.50. The van der Waals surface area contributed by atoms with Crippen molar-refractivity contribution in [3.05, 3.63) is 40.1 Å². The molecule has 17 heavy (non-hydrogen) atoms. The Bertz CT molecular complexity index is 735. The Kier molecular flexibility index (Phi) is 1.95. The summed E-state index contributed by atoms with van der Waals surface area (Å²) in [6.45, 7) is 3.79. The third-order valence-electron chi connectivity index (χ3n) is 2.87. The van der Waals surface area contributed by atoms with Gasteiger partial charge in [-0.1, -0.05) is 0 Å². The van der Waals surface area contributed by atoms with Crippen LogP contribution in [0.1, 0.15) is 11.4 Å². The van der Waals surface area contributed by atoms with Crippen LogP contribution < -0.4 is 5.56 Å². The summed E-state index contributed by atoms with van der Waals surface area (Å²) in [5, 5.41) is 7.93. The van der Waals surface area contributed by atoms with Gasteiger partial charge in [0.2, 0.25) is 0 Å². The normalized spacial score (nSPS) is 11.2. The minimum Gasteiger partial charge on any atom is -0.463 e. The van der Waals surface area contributed by atoms with Crippen LogP contribution in [0.3, 0.4) is 0 Å². The predicted molar refractivity (Wildman–Crippen MR) is 63.9 cm³/mol. The molecule has 0 bridgehead atoms. The molecule has 0 spiro atoms. The maximum Gasteiger partial charge on any atom is 0.274 e. The minimum atomic E-state index is -0.207. The van der Waals surface area contributed by atoms with Crippen LogP contribution in [-0.2, 0) is 0 Å². The third-order valence-corrected chi connectivity index (χ3v) is 2.87. The lowest BCUT2D eigenvalue weighted by atomic mass is 10.1. The summed E-state index contributed by atoms with van der Waals surface area (Å²) < 4.78 is 5.33. The second-order valence-electron chi connectivity index (χ2n) is 3.99. The molecule has 0 radical (unpaired) electrons. The first-order chi connectivity index (χ1) is 8.18. The van der Waals surface area contributed by atoms with E-state index in [1.165, 1.54) is 0 Å². The number of hydrogen-bond acceptors (Lipinski definition) is 3. The molecule has 0 aromatic carbocycles. The molecule has 0 aliphatic heterocycles. The van der Waals surface area contributed by atoms with Gasteiger partial charge in [-0.05, 0) is 26.0 Å². The van der Waals surface area contributed by atoms with Crippen molar-refractivity contribution in [2.75, 3.05) is 0 Å². The van der Waals surface area contributed by atoms with E-state index in [1.807, 2.05) is 19.9 Å². The van der Waals surface area contributed by atoms with E-state index < -0.39 is 0 Å². The highest BCUT2D eigenvalue weighted by Crippen LogP contribution is 2.29. The van der Waals surface area contributed by atoms with E-state index in [0.717, 1.165) is 16.8 Å². The van der Waals surface area contributed by atoms with Gasteiger partial charge in [-0.3, -0.25) is 4.79 Å². The average molecular weight is 229 g/mol. The molecule has 0 amide bonds. The predicted octanol–water partition coefficient (Wildman–Crippen LogP) is 2.13. The number of nitrogens with zero attached hydrogens (tertiary/aromatic N) is 1. The smallest absolute Gasteiger partial charge is 0.274 e. The number of fused-ring (bicyclic) bond motifs is 1. The fourth-order valence-corrected chi connectivity index (χ4v) is 2.16. The maximum atomic E-state index is 11.9. The number of furan rings is 1. The van der Waals surface area contributed by atoms with Gasteiger partial charge >= 0.3 is 0 Å². The number of aromatic amines is 2.